The third-order valence-corrected chi connectivity index (χ3v) is 6.11. The Hall–Kier alpha value is -1.65. The Labute approximate surface area is 151 Å². The van der Waals surface area contributed by atoms with Crippen molar-refractivity contribution < 1.29 is 31.3 Å². The van der Waals surface area contributed by atoms with Gasteiger partial charge in [-0.25, -0.2) is 8.42 Å². The number of rotatable bonds is 6. The molecule has 0 aromatic heterocycles. The molecule has 1 aliphatic rings. The van der Waals surface area contributed by atoms with Crippen LogP contribution >= 0.6 is 0 Å². The topological polar surface area (TPSA) is 70.9 Å². The van der Waals surface area contributed by atoms with Gasteiger partial charge in [-0.15, -0.1) is 0 Å². The van der Waals surface area contributed by atoms with E-state index in [1.165, 1.54) is 10.4 Å². The second-order valence-corrected chi connectivity index (χ2v) is 8.14. The number of nitrogens with one attached hydrogen (secondary N) is 2. The van der Waals surface area contributed by atoms with Crippen LogP contribution in [0.4, 0.5) is 13.2 Å². The maximum atomic E-state index is 12.8. The fourth-order valence-corrected chi connectivity index (χ4v) is 4.24. The van der Waals surface area contributed by atoms with Crippen LogP contribution in [0, 0.1) is 0 Å². The summed E-state index contributed by atoms with van der Waals surface area (Å²) in [6.45, 7) is 3.99. The third kappa shape index (κ3) is 5.18. The van der Waals surface area contributed by atoms with Crippen molar-refractivity contribution in [3.8, 4) is 0 Å². The van der Waals surface area contributed by atoms with E-state index >= 15 is 0 Å². The minimum Gasteiger partial charge on any atom is -0.351 e. The van der Waals surface area contributed by atoms with Crippen LogP contribution < -0.4 is 10.2 Å². The van der Waals surface area contributed by atoms with Crippen molar-refractivity contribution >= 4 is 15.9 Å². The van der Waals surface area contributed by atoms with Crippen molar-refractivity contribution in [3.63, 3.8) is 0 Å². The number of hydrogen-bond donors (Lipinski definition) is 2. The van der Waals surface area contributed by atoms with Gasteiger partial charge in [-0.2, -0.15) is 17.5 Å². The van der Waals surface area contributed by atoms with E-state index < -0.39 is 21.8 Å². The van der Waals surface area contributed by atoms with E-state index in [9.17, 15) is 26.4 Å². The quantitative estimate of drug-likeness (QED) is 0.720. The number of piperazine rings is 1. The number of halogens is 3. The van der Waals surface area contributed by atoms with Gasteiger partial charge in [0.05, 0.1) is 36.6 Å². The SMILES string of the molecule is CCCNC(=O)C[NH+]1CCN(S(=O)(=O)c2cccc(C(F)(F)F)c2)CC1. The van der Waals surface area contributed by atoms with Crippen LogP contribution in [0.5, 0.6) is 0 Å². The van der Waals surface area contributed by atoms with Gasteiger partial charge in [-0.3, -0.25) is 4.79 Å². The summed E-state index contributed by atoms with van der Waals surface area (Å²) in [5, 5.41) is 2.77. The first-order valence-electron chi connectivity index (χ1n) is 8.42. The lowest BCUT2D eigenvalue weighted by atomic mass is 10.2. The molecule has 146 valence electrons. The van der Waals surface area contributed by atoms with Crippen molar-refractivity contribution in [3.05, 3.63) is 29.8 Å². The van der Waals surface area contributed by atoms with Gasteiger partial charge in [0.1, 0.15) is 0 Å². The zero-order valence-electron chi connectivity index (χ0n) is 14.5. The van der Waals surface area contributed by atoms with Crippen LogP contribution in [0.2, 0.25) is 0 Å². The Morgan fingerprint density at radius 3 is 2.50 bits per heavy atom. The zero-order valence-corrected chi connectivity index (χ0v) is 15.3. The number of hydrogen-bond acceptors (Lipinski definition) is 3. The van der Waals surface area contributed by atoms with E-state index in [1.54, 1.807) is 0 Å². The zero-order chi connectivity index (χ0) is 19.4. The molecule has 1 aromatic carbocycles. The molecule has 6 nitrogen and oxygen atoms in total. The number of quaternary nitrogens is 1. The monoisotopic (exact) mass is 394 g/mol. The molecule has 0 radical (unpaired) electrons. The van der Waals surface area contributed by atoms with Crippen molar-refractivity contribution in [2.24, 2.45) is 0 Å². The average Bonchev–Trinajstić information content (AvgIpc) is 2.60. The lowest BCUT2D eigenvalue weighted by Gasteiger charge is -2.31. The van der Waals surface area contributed by atoms with Crippen LogP contribution in [-0.4, -0.2) is 57.9 Å². The Morgan fingerprint density at radius 2 is 1.92 bits per heavy atom. The summed E-state index contributed by atoms with van der Waals surface area (Å²) in [7, 11) is -3.99. The van der Waals surface area contributed by atoms with E-state index in [2.05, 4.69) is 5.32 Å². The molecule has 0 bridgehead atoms. The van der Waals surface area contributed by atoms with Gasteiger partial charge in [-0.1, -0.05) is 13.0 Å². The summed E-state index contributed by atoms with van der Waals surface area (Å²) >= 11 is 0. The van der Waals surface area contributed by atoms with E-state index in [4.69, 9.17) is 0 Å². The maximum Gasteiger partial charge on any atom is 0.416 e. The highest BCUT2D eigenvalue weighted by Crippen LogP contribution is 2.31. The fraction of sp³-hybridized carbons (Fsp3) is 0.562. The summed E-state index contributed by atoms with van der Waals surface area (Å²) in [6.07, 6.45) is -3.76. The minimum absolute atomic E-state index is 0.0870. The first-order chi connectivity index (χ1) is 12.1. The molecule has 0 atom stereocenters. The molecule has 1 heterocycles. The standard InChI is InChI=1S/C16H22F3N3O3S/c1-2-6-20-15(23)12-21-7-9-22(10-8-21)26(24,25)14-5-3-4-13(11-14)16(17,18)19/h3-5,11H,2,6-10,12H2,1H3,(H,20,23)/p+1. The van der Waals surface area contributed by atoms with Crippen molar-refractivity contribution in [1.29, 1.82) is 0 Å². The first-order valence-corrected chi connectivity index (χ1v) is 9.86. The largest absolute Gasteiger partial charge is 0.416 e. The van der Waals surface area contributed by atoms with E-state index in [0.29, 0.717) is 25.7 Å². The van der Waals surface area contributed by atoms with Gasteiger partial charge < -0.3 is 10.2 Å². The molecular formula is C16H23F3N3O3S+. The van der Waals surface area contributed by atoms with Gasteiger partial charge in [0.15, 0.2) is 6.54 Å². The van der Waals surface area contributed by atoms with Crippen LogP contribution in [0.3, 0.4) is 0 Å². The van der Waals surface area contributed by atoms with Crippen molar-refractivity contribution in [2.75, 3.05) is 39.3 Å². The summed E-state index contributed by atoms with van der Waals surface area (Å²) < 4.78 is 64.8. The molecular weight excluding hydrogens is 371 g/mol. The summed E-state index contributed by atoms with van der Waals surface area (Å²) in [4.78, 5) is 12.3. The number of carbonyl (C=O) groups is 1. The Morgan fingerprint density at radius 1 is 1.27 bits per heavy atom. The van der Waals surface area contributed by atoms with Crippen LogP contribution in [0.15, 0.2) is 29.2 Å². The predicted octanol–water partition coefficient (Wildman–Crippen LogP) is 0.121. The molecule has 1 fully saturated rings. The molecule has 1 saturated heterocycles. The molecule has 2 rings (SSSR count). The van der Waals surface area contributed by atoms with E-state index in [0.717, 1.165) is 23.5 Å². The Bertz CT molecular complexity index is 730. The number of sulfonamides is 1. The lowest BCUT2D eigenvalue weighted by Crippen LogP contribution is -3.15. The second-order valence-electron chi connectivity index (χ2n) is 6.21. The van der Waals surface area contributed by atoms with Gasteiger partial charge in [0, 0.05) is 6.54 Å². The van der Waals surface area contributed by atoms with Gasteiger partial charge in [0.25, 0.3) is 5.91 Å². The summed E-state index contributed by atoms with van der Waals surface area (Å²) in [5.41, 5.74) is -0.990. The molecule has 10 heteroatoms. The maximum absolute atomic E-state index is 12.8. The lowest BCUT2D eigenvalue weighted by molar-refractivity contribution is -0.895. The second kappa shape index (κ2) is 8.36. The normalized spacial score (nSPS) is 17.2. The van der Waals surface area contributed by atoms with Crippen LogP contribution in [-0.2, 0) is 21.0 Å². The van der Waals surface area contributed by atoms with Gasteiger partial charge in [-0.05, 0) is 24.6 Å². The highest BCUT2D eigenvalue weighted by atomic mass is 32.2. The predicted molar refractivity (Wildman–Crippen MR) is 89.1 cm³/mol. The molecule has 0 saturated carbocycles. The van der Waals surface area contributed by atoms with Crippen LogP contribution in [0.25, 0.3) is 0 Å². The molecule has 1 aromatic rings. The summed E-state index contributed by atoms with van der Waals surface area (Å²) in [5.74, 6) is -0.0870. The smallest absolute Gasteiger partial charge is 0.351 e. The van der Waals surface area contributed by atoms with Gasteiger partial charge in [0.2, 0.25) is 10.0 Å². The average molecular weight is 394 g/mol. The number of alkyl halides is 3. The third-order valence-electron chi connectivity index (χ3n) is 4.21. The highest BCUT2D eigenvalue weighted by molar-refractivity contribution is 7.89. The minimum atomic E-state index is -4.60. The van der Waals surface area contributed by atoms with Crippen molar-refractivity contribution in [1.82, 2.24) is 9.62 Å². The molecule has 1 amide bonds. The molecule has 0 aliphatic carbocycles. The van der Waals surface area contributed by atoms with Gasteiger partial charge >= 0.3 is 6.18 Å². The summed E-state index contributed by atoms with van der Waals surface area (Å²) in [6, 6.07) is 3.76. The Balaban J connectivity index is 2.01. The van der Waals surface area contributed by atoms with E-state index in [1.807, 2.05) is 6.92 Å². The molecule has 2 N–H and O–H groups in total. The Kier molecular flexibility index (Phi) is 6.64. The number of amides is 1. The number of carbonyl (C=O) groups excluding carboxylic acids is 1. The molecule has 0 spiro atoms. The molecule has 26 heavy (non-hydrogen) atoms. The molecule has 0 unspecified atom stereocenters. The number of benzene rings is 1. The highest BCUT2D eigenvalue weighted by Gasteiger charge is 2.34. The number of nitrogens with zero attached hydrogens (tertiary/aromatic N) is 1. The van der Waals surface area contributed by atoms with E-state index in [-0.39, 0.29) is 30.4 Å². The molecule has 1 aliphatic heterocycles. The first kappa shape index (κ1) is 20.7. The fourth-order valence-electron chi connectivity index (χ4n) is 2.76. The van der Waals surface area contributed by atoms with Crippen molar-refractivity contribution in [2.45, 2.75) is 24.4 Å². The van der Waals surface area contributed by atoms with Crippen LogP contribution in [0.1, 0.15) is 18.9 Å².